The van der Waals surface area contributed by atoms with Crippen molar-refractivity contribution in [2.75, 3.05) is 18.5 Å². The van der Waals surface area contributed by atoms with Crippen molar-refractivity contribution in [1.82, 2.24) is 30.6 Å². The number of carboxylic acids is 3. The van der Waals surface area contributed by atoms with E-state index in [9.17, 15) is 28.7 Å². The summed E-state index contributed by atoms with van der Waals surface area (Å²) >= 11 is 1.42. The van der Waals surface area contributed by atoms with Gasteiger partial charge in [0.1, 0.15) is 12.1 Å². The van der Waals surface area contributed by atoms with Gasteiger partial charge in [-0.05, 0) is 50.7 Å². The van der Waals surface area contributed by atoms with Crippen LogP contribution in [0.2, 0.25) is 0 Å². The Morgan fingerprint density at radius 2 is 1.64 bits per heavy atom. The van der Waals surface area contributed by atoms with Crippen LogP contribution in [0.1, 0.15) is 44.2 Å². The summed E-state index contributed by atoms with van der Waals surface area (Å²) < 4.78 is 14.0. The number of unbranched alkanes of at least 4 members (excludes halogenated alkanes) is 1. The van der Waals surface area contributed by atoms with Crippen molar-refractivity contribution in [3.05, 3.63) is 41.5 Å². The molecule has 2 heterocycles. The molecule has 0 radical (unpaired) electrons. The fraction of sp³-hybridized carbons (Fsp3) is 0.423. The molecule has 0 aliphatic carbocycles. The largest absolute Gasteiger partial charge is 0.481 e. The summed E-state index contributed by atoms with van der Waals surface area (Å²) in [6.45, 7) is 0.115. The van der Waals surface area contributed by atoms with E-state index in [1.54, 1.807) is 10.9 Å². The molecule has 0 aliphatic heterocycles. The zero-order valence-corrected chi connectivity index (χ0v) is 23.3. The summed E-state index contributed by atoms with van der Waals surface area (Å²) in [5, 5.41) is 45.5. The van der Waals surface area contributed by atoms with E-state index in [0.717, 1.165) is 22.6 Å². The van der Waals surface area contributed by atoms with Crippen LogP contribution in [0.3, 0.4) is 0 Å². The Hall–Kier alpha value is -4.60. The second-order valence-electron chi connectivity index (χ2n) is 9.29. The first-order valence-corrected chi connectivity index (χ1v) is 14.1. The number of carbonyl (C=O) groups is 4. The first-order valence-electron chi connectivity index (χ1n) is 13.2. The number of urea groups is 1. The highest BCUT2D eigenvalue weighted by molar-refractivity contribution is 7.14. The molecule has 2 atom stereocenters. The number of rotatable bonds is 18. The van der Waals surface area contributed by atoms with Gasteiger partial charge in [0.2, 0.25) is 0 Å². The van der Waals surface area contributed by atoms with Crippen molar-refractivity contribution in [3.63, 3.8) is 0 Å². The van der Waals surface area contributed by atoms with E-state index in [2.05, 4.69) is 31.2 Å². The van der Waals surface area contributed by atoms with Crippen LogP contribution in [0.15, 0.2) is 35.8 Å². The Morgan fingerprint density at radius 1 is 0.952 bits per heavy atom. The number of amides is 2. The zero-order valence-electron chi connectivity index (χ0n) is 22.5. The number of aromatic nitrogens is 4. The van der Waals surface area contributed by atoms with E-state index < -0.39 is 49.1 Å². The second-order valence-corrected chi connectivity index (χ2v) is 10.1. The lowest BCUT2D eigenvalue weighted by Crippen LogP contribution is -2.51. The highest BCUT2D eigenvalue weighted by atomic mass is 32.1. The van der Waals surface area contributed by atoms with Crippen molar-refractivity contribution in [2.24, 2.45) is 0 Å². The average molecular weight is 606 g/mol. The van der Waals surface area contributed by atoms with Gasteiger partial charge < -0.3 is 31.3 Å². The average Bonchev–Trinajstić information content (AvgIpc) is 3.63. The summed E-state index contributed by atoms with van der Waals surface area (Å²) in [7, 11) is 0. The number of carboxylic acid groups (broad SMARTS) is 3. The van der Waals surface area contributed by atoms with Crippen molar-refractivity contribution in [3.8, 4) is 16.9 Å². The molecule has 2 amide bonds. The molecule has 42 heavy (non-hydrogen) atoms. The van der Waals surface area contributed by atoms with Crippen LogP contribution in [0.5, 0.6) is 0 Å². The minimum Gasteiger partial charge on any atom is -0.481 e. The smallest absolute Gasteiger partial charge is 0.326 e. The summed E-state index contributed by atoms with van der Waals surface area (Å²) in [4.78, 5) is 50.1. The van der Waals surface area contributed by atoms with Crippen molar-refractivity contribution in [2.45, 2.75) is 57.0 Å². The predicted octanol–water partition coefficient (Wildman–Crippen LogP) is 2.95. The number of nitrogens with zero attached hydrogens (tertiary/aromatic N) is 4. The lowest BCUT2D eigenvalue weighted by molar-refractivity contribution is -0.140. The zero-order chi connectivity index (χ0) is 30.5. The summed E-state index contributed by atoms with van der Waals surface area (Å²) in [6.07, 6.45) is 3.05. The van der Waals surface area contributed by atoms with Gasteiger partial charge in [-0.1, -0.05) is 17.3 Å². The quantitative estimate of drug-likeness (QED) is 0.116. The molecule has 0 aliphatic rings. The summed E-state index contributed by atoms with van der Waals surface area (Å²) in [5.74, 6) is -3.90. The maximum atomic E-state index is 12.4. The molecule has 3 rings (SSSR count). The lowest BCUT2D eigenvalue weighted by Gasteiger charge is -2.18. The Kier molecular flexibility index (Phi) is 12.2. The van der Waals surface area contributed by atoms with Gasteiger partial charge in [-0.15, -0.1) is 16.4 Å². The van der Waals surface area contributed by atoms with E-state index >= 15 is 0 Å². The van der Waals surface area contributed by atoms with Crippen molar-refractivity contribution in [1.29, 1.82) is 0 Å². The second kappa shape index (κ2) is 16.0. The number of aryl methyl sites for hydroxylation is 1. The monoisotopic (exact) mass is 605 g/mol. The van der Waals surface area contributed by atoms with Crippen LogP contribution in [0, 0.1) is 0 Å². The van der Waals surface area contributed by atoms with Gasteiger partial charge in [-0.2, -0.15) is 0 Å². The van der Waals surface area contributed by atoms with E-state index in [4.69, 9.17) is 10.2 Å². The molecule has 2 aromatic heterocycles. The van der Waals surface area contributed by atoms with E-state index in [-0.39, 0.29) is 12.8 Å². The molecule has 0 saturated heterocycles. The van der Waals surface area contributed by atoms with Crippen molar-refractivity contribution >= 4 is 40.4 Å². The maximum absolute atomic E-state index is 12.4. The SMILES string of the molecule is O=C(O)CC[C@H](NC(=O)N[C@@H](CCCCNc1nc(-c2ccc(-n3cc(CCCF)nn3)cc2)cs1)C(=O)O)C(=O)O. The van der Waals surface area contributed by atoms with Gasteiger partial charge in [-0.3, -0.25) is 9.18 Å². The molecular formula is C26H32FN7O7S. The van der Waals surface area contributed by atoms with Crippen molar-refractivity contribution < 1.29 is 38.9 Å². The fourth-order valence-corrected chi connectivity index (χ4v) is 4.62. The maximum Gasteiger partial charge on any atom is 0.326 e. The molecule has 0 fully saturated rings. The predicted molar refractivity (Wildman–Crippen MR) is 150 cm³/mol. The molecule has 0 unspecified atom stereocenters. The minimum absolute atomic E-state index is 0.107. The van der Waals surface area contributed by atoms with Crippen LogP contribution < -0.4 is 16.0 Å². The standard InChI is InChI=1S/C26H32FN7O7S/c27-12-3-4-17-14-34(33-32-17)18-8-6-16(7-9-18)21-15-42-26(31-21)28-13-2-1-5-19(23(37)38)29-25(41)30-20(24(39)40)10-11-22(35)36/h6-9,14-15,19-20H,1-5,10-13H2,(H,28,31)(H,35,36)(H,37,38)(H,39,40)(H2,29,30,41)/t19-,20-/m0/s1. The van der Waals surface area contributed by atoms with Gasteiger partial charge in [0.15, 0.2) is 5.13 Å². The van der Waals surface area contributed by atoms with Gasteiger partial charge in [0, 0.05) is 23.9 Å². The number of alkyl halides is 1. The number of anilines is 1. The van der Waals surface area contributed by atoms with Gasteiger partial charge in [0.25, 0.3) is 0 Å². The number of thiazole rings is 1. The van der Waals surface area contributed by atoms with Gasteiger partial charge >= 0.3 is 23.9 Å². The number of hydrogen-bond acceptors (Lipinski definition) is 9. The number of nitrogens with one attached hydrogen (secondary N) is 3. The Labute approximate surface area is 244 Å². The number of aliphatic carboxylic acids is 3. The molecule has 16 heteroatoms. The van der Waals surface area contributed by atoms with E-state index in [1.165, 1.54) is 11.3 Å². The molecule has 0 saturated carbocycles. The fourth-order valence-electron chi connectivity index (χ4n) is 3.87. The van der Waals surface area contributed by atoms with Gasteiger partial charge in [0.05, 0.1) is 29.9 Å². The minimum atomic E-state index is -1.46. The first kappa shape index (κ1) is 31.9. The topological polar surface area (TPSA) is 209 Å². The third-order valence-electron chi connectivity index (χ3n) is 6.09. The third kappa shape index (κ3) is 10.1. The Bertz CT molecular complexity index is 1350. The molecule has 3 aromatic rings. The van der Waals surface area contributed by atoms with Crippen LogP contribution in [-0.4, -0.2) is 84.5 Å². The lowest BCUT2D eigenvalue weighted by atomic mass is 10.1. The Morgan fingerprint density at radius 3 is 2.29 bits per heavy atom. The summed E-state index contributed by atoms with van der Waals surface area (Å²) in [5.41, 5.74) is 3.23. The first-order chi connectivity index (χ1) is 20.2. The highest BCUT2D eigenvalue weighted by Crippen LogP contribution is 2.26. The van der Waals surface area contributed by atoms with Gasteiger partial charge in [-0.25, -0.2) is 24.0 Å². The highest BCUT2D eigenvalue weighted by Gasteiger charge is 2.24. The van der Waals surface area contributed by atoms with Crippen LogP contribution in [0.25, 0.3) is 16.9 Å². The molecule has 6 N–H and O–H groups in total. The van der Waals surface area contributed by atoms with Crippen LogP contribution in [-0.2, 0) is 20.8 Å². The molecule has 226 valence electrons. The number of halogens is 1. The molecule has 0 spiro atoms. The summed E-state index contributed by atoms with van der Waals surface area (Å²) in [6, 6.07) is 3.91. The normalized spacial score (nSPS) is 12.3. The van der Waals surface area contributed by atoms with Crippen LogP contribution >= 0.6 is 11.3 Å². The number of benzene rings is 1. The van der Waals surface area contributed by atoms with Crippen LogP contribution in [0.4, 0.5) is 14.3 Å². The molecule has 1 aromatic carbocycles. The number of hydrogen-bond donors (Lipinski definition) is 6. The molecule has 14 nitrogen and oxygen atoms in total. The molecule has 0 bridgehead atoms. The number of carbonyl (C=O) groups excluding carboxylic acids is 1. The van der Waals surface area contributed by atoms with E-state index in [0.29, 0.717) is 37.4 Å². The molecular weight excluding hydrogens is 573 g/mol. The van der Waals surface area contributed by atoms with E-state index in [1.807, 2.05) is 29.6 Å². The Balaban J connectivity index is 1.42. The third-order valence-corrected chi connectivity index (χ3v) is 6.89.